The number of hydrogen-bond acceptors (Lipinski definition) is 5. The van der Waals surface area contributed by atoms with Crippen LogP contribution in [0.1, 0.15) is 19.4 Å². The monoisotopic (exact) mass is 298 g/mol. The highest BCUT2D eigenvalue weighted by molar-refractivity contribution is 7.98. The maximum atomic E-state index is 10.8. The van der Waals surface area contributed by atoms with E-state index in [1.165, 1.54) is 6.07 Å². The summed E-state index contributed by atoms with van der Waals surface area (Å²) >= 11 is 1.71. The Hall–Kier alpha value is -1.27. The lowest BCUT2D eigenvalue weighted by Gasteiger charge is -2.13. The molecule has 0 atom stereocenters. The van der Waals surface area contributed by atoms with Crippen molar-refractivity contribution in [3.63, 3.8) is 0 Å². The molecule has 0 aliphatic carbocycles. The fourth-order valence-corrected chi connectivity index (χ4v) is 1.94. The van der Waals surface area contributed by atoms with Crippen LogP contribution >= 0.6 is 11.8 Å². The van der Waals surface area contributed by atoms with Crippen molar-refractivity contribution in [2.24, 2.45) is 5.92 Å². The summed E-state index contributed by atoms with van der Waals surface area (Å²) in [6.45, 7) is 6.30. The van der Waals surface area contributed by atoms with E-state index in [-0.39, 0.29) is 10.6 Å². The number of non-ortho nitro benzene ring substituents is 1. The van der Waals surface area contributed by atoms with Gasteiger partial charge in [-0.1, -0.05) is 13.8 Å². The van der Waals surface area contributed by atoms with Crippen molar-refractivity contribution in [3.05, 3.63) is 33.9 Å². The summed E-state index contributed by atoms with van der Waals surface area (Å²) in [7, 11) is 0. The van der Waals surface area contributed by atoms with Gasteiger partial charge in [0.1, 0.15) is 5.75 Å². The van der Waals surface area contributed by atoms with E-state index in [2.05, 4.69) is 19.2 Å². The van der Waals surface area contributed by atoms with Gasteiger partial charge in [-0.2, -0.15) is 11.8 Å². The number of hydrogen-bond donors (Lipinski definition) is 1. The molecule has 0 saturated carbocycles. The van der Waals surface area contributed by atoms with Gasteiger partial charge in [-0.3, -0.25) is 10.1 Å². The zero-order valence-electron chi connectivity index (χ0n) is 12.2. The van der Waals surface area contributed by atoms with Crippen LogP contribution in [0.2, 0.25) is 0 Å². The average molecular weight is 298 g/mol. The van der Waals surface area contributed by atoms with Crippen molar-refractivity contribution in [2.45, 2.75) is 20.4 Å². The topological polar surface area (TPSA) is 64.4 Å². The molecule has 0 fully saturated rings. The van der Waals surface area contributed by atoms with Crippen LogP contribution in [0.3, 0.4) is 0 Å². The molecule has 0 spiro atoms. The molecule has 0 bridgehead atoms. The van der Waals surface area contributed by atoms with Gasteiger partial charge in [0.15, 0.2) is 0 Å². The molecular formula is C14H22N2O3S. The first kappa shape index (κ1) is 16.8. The minimum Gasteiger partial charge on any atom is -0.492 e. The van der Waals surface area contributed by atoms with Gasteiger partial charge in [-0.25, -0.2) is 0 Å². The summed E-state index contributed by atoms with van der Waals surface area (Å²) in [5.74, 6) is 2.16. The largest absolute Gasteiger partial charge is 0.492 e. The Balaban J connectivity index is 2.77. The van der Waals surface area contributed by atoms with Crippen molar-refractivity contribution in [1.82, 2.24) is 5.32 Å². The van der Waals surface area contributed by atoms with Crippen LogP contribution in [0, 0.1) is 16.0 Å². The number of nitrogens with one attached hydrogen (secondary N) is 1. The number of nitro groups is 1. The highest BCUT2D eigenvalue weighted by Gasteiger charge is 2.11. The van der Waals surface area contributed by atoms with Gasteiger partial charge in [0.25, 0.3) is 5.69 Å². The third-order valence-corrected chi connectivity index (χ3v) is 3.24. The van der Waals surface area contributed by atoms with E-state index in [4.69, 9.17) is 4.74 Å². The van der Waals surface area contributed by atoms with E-state index in [9.17, 15) is 10.1 Å². The predicted octanol–water partition coefficient (Wildman–Crippen LogP) is 3.08. The maximum absolute atomic E-state index is 10.8. The normalized spacial score (nSPS) is 10.8. The number of nitrogens with zero attached hydrogens (tertiary/aromatic N) is 1. The fourth-order valence-electron chi connectivity index (χ4n) is 1.69. The van der Waals surface area contributed by atoms with Crippen LogP contribution in [0.15, 0.2) is 18.2 Å². The molecule has 1 aromatic rings. The number of benzene rings is 1. The Morgan fingerprint density at radius 1 is 1.45 bits per heavy atom. The molecule has 5 nitrogen and oxygen atoms in total. The van der Waals surface area contributed by atoms with E-state index >= 15 is 0 Å². The number of thioether (sulfide) groups is 1. The molecule has 0 aromatic heterocycles. The lowest BCUT2D eigenvalue weighted by molar-refractivity contribution is -0.384. The molecule has 0 aliphatic rings. The SMILES string of the molecule is CSCCOc1ccc([N+](=O)[O-])cc1CNCC(C)C. The molecule has 1 aromatic carbocycles. The molecular weight excluding hydrogens is 276 g/mol. The zero-order chi connectivity index (χ0) is 15.0. The maximum Gasteiger partial charge on any atom is 0.270 e. The first-order valence-electron chi connectivity index (χ1n) is 6.64. The second kappa shape index (κ2) is 8.81. The smallest absolute Gasteiger partial charge is 0.270 e. The molecule has 1 rings (SSSR count). The first-order valence-corrected chi connectivity index (χ1v) is 8.03. The van der Waals surface area contributed by atoms with Crippen LogP contribution in [0.25, 0.3) is 0 Å². The Morgan fingerprint density at radius 2 is 2.20 bits per heavy atom. The molecule has 0 unspecified atom stereocenters. The number of nitro benzene ring substituents is 1. The molecule has 6 heteroatoms. The Kier molecular flexibility index (Phi) is 7.40. The molecule has 0 amide bonds. The summed E-state index contributed by atoms with van der Waals surface area (Å²) in [6, 6.07) is 4.76. The van der Waals surface area contributed by atoms with Gasteiger partial charge in [0.05, 0.1) is 11.5 Å². The van der Waals surface area contributed by atoms with Crippen LogP contribution in [0.4, 0.5) is 5.69 Å². The molecule has 112 valence electrons. The lowest BCUT2D eigenvalue weighted by Crippen LogP contribution is -2.19. The van der Waals surface area contributed by atoms with Crippen molar-refractivity contribution >= 4 is 17.4 Å². The van der Waals surface area contributed by atoms with Gasteiger partial charge in [0, 0.05) is 30.0 Å². The van der Waals surface area contributed by atoms with Gasteiger partial charge in [0.2, 0.25) is 0 Å². The fraction of sp³-hybridized carbons (Fsp3) is 0.571. The molecule has 0 heterocycles. The third kappa shape index (κ3) is 5.79. The first-order chi connectivity index (χ1) is 9.54. The Morgan fingerprint density at radius 3 is 2.80 bits per heavy atom. The molecule has 1 N–H and O–H groups in total. The van der Waals surface area contributed by atoms with Gasteiger partial charge >= 0.3 is 0 Å². The highest BCUT2D eigenvalue weighted by Crippen LogP contribution is 2.24. The van der Waals surface area contributed by atoms with Crippen molar-refractivity contribution in [1.29, 1.82) is 0 Å². The molecule has 0 radical (unpaired) electrons. The van der Waals surface area contributed by atoms with Crippen molar-refractivity contribution in [2.75, 3.05) is 25.2 Å². The molecule has 20 heavy (non-hydrogen) atoms. The minimum absolute atomic E-state index is 0.101. The van der Waals surface area contributed by atoms with Crippen LogP contribution < -0.4 is 10.1 Å². The molecule has 0 saturated heterocycles. The molecule has 0 aliphatic heterocycles. The minimum atomic E-state index is -0.377. The summed E-state index contributed by atoms with van der Waals surface area (Å²) in [5.41, 5.74) is 0.935. The third-order valence-electron chi connectivity index (χ3n) is 2.67. The van der Waals surface area contributed by atoms with E-state index in [0.29, 0.717) is 19.1 Å². The standard InChI is InChI=1S/C14H22N2O3S/c1-11(2)9-15-10-12-8-13(16(17)18)4-5-14(12)19-6-7-20-3/h4-5,8,11,15H,6-7,9-10H2,1-3H3. The average Bonchev–Trinajstić information content (AvgIpc) is 2.39. The highest BCUT2D eigenvalue weighted by atomic mass is 32.2. The second-order valence-corrected chi connectivity index (χ2v) is 5.90. The lowest BCUT2D eigenvalue weighted by atomic mass is 10.1. The summed E-state index contributed by atoms with van der Waals surface area (Å²) < 4.78 is 5.69. The number of rotatable bonds is 9. The zero-order valence-corrected chi connectivity index (χ0v) is 13.0. The van der Waals surface area contributed by atoms with E-state index in [1.54, 1.807) is 23.9 Å². The van der Waals surface area contributed by atoms with Crippen molar-refractivity contribution in [3.8, 4) is 5.75 Å². The second-order valence-electron chi connectivity index (χ2n) is 4.92. The summed E-state index contributed by atoms with van der Waals surface area (Å²) in [5, 5.41) is 14.1. The van der Waals surface area contributed by atoms with E-state index in [0.717, 1.165) is 23.6 Å². The van der Waals surface area contributed by atoms with E-state index < -0.39 is 0 Å². The Labute approximate surface area is 124 Å². The Bertz CT molecular complexity index is 438. The summed E-state index contributed by atoms with van der Waals surface area (Å²) in [4.78, 5) is 10.5. The van der Waals surface area contributed by atoms with Crippen LogP contribution in [-0.4, -0.2) is 30.1 Å². The van der Waals surface area contributed by atoms with Gasteiger partial charge < -0.3 is 10.1 Å². The van der Waals surface area contributed by atoms with Crippen LogP contribution in [0.5, 0.6) is 5.75 Å². The number of ether oxygens (including phenoxy) is 1. The summed E-state index contributed by atoms with van der Waals surface area (Å²) in [6.07, 6.45) is 2.02. The van der Waals surface area contributed by atoms with Crippen LogP contribution in [-0.2, 0) is 6.54 Å². The quantitative estimate of drug-likeness (QED) is 0.431. The predicted molar refractivity (Wildman–Crippen MR) is 83.5 cm³/mol. The van der Waals surface area contributed by atoms with Gasteiger partial charge in [-0.05, 0) is 24.8 Å². The van der Waals surface area contributed by atoms with E-state index in [1.807, 2.05) is 6.26 Å². The van der Waals surface area contributed by atoms with Gasteiger partial charge in [-0.15, -0.1) is 0 Å². The van der Waals surface area contributed by atoms with Crippen molar-refractivity contribution < 1.29 is 9.66 Å².